The van der Waals surface area contributed by atoms with Gasteiger partial charge in [-0.05, 0) is 18.2 Å². The molecular formula is C11H6F4N2O2. The molecule has 0 amide bonds. The molecule has 19 heavy (non-hydrogen) atoms. The molecule has 0 fully saturated rings. The lowest BCUT2D eigenvalue weighted by molar-refractivity contribution is -0.137. The Bertz CT molecular complexity index is 634. The maximum absolute atomic E-state index is 13.6. The Morgan fingerprint density at radius 1 is 1.32 bits per heavy atom. The van der Waals surface area contributed by atoms with Gasteiger partial charge in [0.25, 0.3) is 0 Å². The minimum Gasteiger partial charge on any atom is -0.478 e. The summed E-state index contributed by atoms with van der Waals surface area (Å²) >= 11 is 0. The third-order valence-electron chi connectivity index (χ3n) is 2.43. The molecule has 0 bridgehead atoms. The van der Waals surface area contributed by atoms with Gasteiger partial charge in [0.05, 0.1) is 17.5 Å². The van der Waals surface area contributed by atoms with Gasteiger partial charge >= 0.3 is 12.1 Å². The molecule has 0 saturated heterocycles. The summed E-state index contributed by atoms with van der Waals surface area (Å²) in [5.41, 5.74) is -2.28. The Labute approximate surface area is 103 Å². The van der Waals surface area contributed by atoms with Crippen LogP contribution in [-0.2, 0) is 6.18 Å². The number of nitrogens with one attached hydrogen (secondary N) is 1. The van der Waals surface area contributed by atoms with E-state index in [0.717, 1.165) is 6.20 Å². The highest BCUT2D eigenvalue weighted by Crippen LogP contribution is 2.33. The van der Waals surface area contributed by atoms with E-state index in [4.69, 9.17) is 5.11 Å². The van der Waals surface area contributed by atoms with Crippen LogP contribution in [0, 0.1) is 5.82 Å². The SMILES string of the molecule is O=C(O)c1cn[nH]c1-c1cc(C(F)(F)F)ccc1F. The van der Waals surface area contributed by atoms with E-state index >= 15 is 0 Å². The van der Waals surface area contributed by atoms with Crippen LogP contribution >= 0.6 is 0 Å². The summed E-state index contributed by atoms with van der Waals surface area (Å²) < 4.78 is 51.2. The monoisotopic (exact) mass is 274 g/mol. The predicted octanol–water partition coefficient (Wildman–Crippen LogP) is 2.93. The molecule has 8 heteroatoms. The second-order valence-corrected chi connectivity index (χ2v) is 3.66. The summed E-state index contributed by atoms with van der Waals surface area (Å²) in [5, 5.41) is 14.4. The third-order valence-corrected chi connectivity index (χ3v) is 2.43. The molecule has 100 valence electrons. The molecule has 0 radical (unpaired) electrons. The normalized spacial score (nSPS) is 11.6. The number of aromatic nitrogens is 2. The van der Waals surface area contributed by atoms with Gasteiger partial charge in [-0.25, -0.2) is 9.18 Å². The Hall–Kier alpha value is -2.38. The van der Waals surface area contributed by atoms with E-state index in [1.54, 1.807) is 0 Å². The van der Waals surface area contributed by atoms with Crippen molar-refractivity contribution in [3.8, 4) is 11.3 Å². The van der Waals surface area contributed by atoms with Gasteiger partial charge < -0.3 is 5.11 Å². The van der Waals surface area contributed by atoms with Crippen molar-refractivity contribution in [1.29, 1.82) is 0 Å². The highest BCUT2D eigenvalue weighted by Gasteiger charge is 2.31. The molecule has 1 heterocycles. The maximum atomic E-state index is 13.6. The fourth-order valence-electron chi connectivity index (χ4n) is 1.55. The van der Waals surface area contributed by atoms with Crippen LogP contribution < -0.4 is 0 Å². The molecule has 0 saturated carbocycles. The van der Waals surface area contributed by atoms with Gasteiger partial charge in [0, 0.05) is 5.56 Å². The van der Waals surface area contributed by atoms with Crippen molar-refractivity contribution < 1.29 is 27.5 Å². The first-order chi connectivity index (χ1) is 8.80. The van der Waals surface area contributed by atoms with E-state index in [1.165, 1.54) is 0 Å². The smallest absolute Gasteiger partial charge is 0.416 e. The van der Waals surface area contributed by atoms with Crippen molar-refractivity contribution in [2.75, 3.05) is 0 Å². The molecule has 4 nitrogen and oxygen atoms in total. The molecule has 2 aromatic rings. The lowest BCUT2D eigenvalue weighted by Gasteiger charge is -2.09. The zero-order valence-electron chi connectivity index (χ0n) is 9.12. The van der Waals surface area contributed by atoms with Gasteiger partial charge in [-0.15, -0.1) is 0 Å². The lowest BCUT2D eigenvalue weighted by atomic mass is 10.0. The topological polar surface area (TPSA) is 66.0 Å². The number of H-pyrrole nitrogens is 1. The van der Waals surface area contributed by atoms with Gasteiger partial charge in [-0.3, -0.25) is 5.10 Å². The number of nitrogens with zero attached hydrogens (tertiary/aromatic N) is 1. The molecule has 0 aliphatic rings. The number of carboxylic acids is 1. The number of hydrogen-bond acceptors (Lipinski definition) is 2. The van der Waals surface area contributed by atoms with Gasteiger partial charge in [0.2, 0.25) is 0 Å². The van der Waals surface area contributed by atoms with E-state index in [-0.39, 0.29) is 5.69 Å². The molecular weight excluding hydrogens is 268 g/mol. The summed E-state index contributed by atoms with van der Waals surface area (Å²) in [6, 6.07) is 1.75. The molecule has 1 aromatic carbocycles. The molecule has 0 aliphatic carbocycles. The van der Waals surface area contributed by atoms with E-state index in [2.05, 4.69) is 10.2 Å². The highest BCUT2D eigenvalue weighted by molar-refractivity contribution is 5.94. The summed E-state index contributed by atoms with van der Waals surface area (Å²) in [6.07, 6.45) is -3.75. The molecule has 2 N–H and O–H groups in total. The summed E-state index contributed by atoms with van der Waals surface area (Å²) in [5.74, 6) is -2.39. The number of benzene rings is 1. The van der Waals surface area contributed by atoms with Crippen molar-refractivity contribution in [3.63, 3.8) is 0 Å². The van der Waals surface area contributed by atoms with Crippen LogP contribution in [0.5, 0.6) is 0 Å². The number of aromatic amines is 1. The van der Waals surface area contributed by atoms with E-state index in [1.807, 2.05) is 0 Å². The van der Waals surface area contributed by atoms with Crippen molar-refractivity contribution in [3.05, 3.63) is 41.3 Å². The first-order valence-corrected chi connectivity index (χ1v) is 4.94. The van der Waals surface area contributed by atoms with Gasteiger partial charge in [0.15, 0.2) is 0 Å². The van der Waals surface area contributed by atoms with Crippen molar-refractivity contribution >= 4 is 5.97 Å². The Kier molecular flexibility index (Phi) is 3.01. The largest absolute Gasteiger partial charge is 0.478 e. The number of halogens is 4. The predicted molar refractivity (Wildman–Crippen MR) is 55.9 cm³/mol. The second kappa shape index (κ2) is 4.38. The van der Waals surface area contributed by atoms with E-state index < -0.39 is 34.7 Å². The van der Waals surface area contributed by atoms with Gasteiger partial charge in [0.1, 0.15) is 11.4 Å². The van der Waals surface area contributed by atoms with Crippen LogP contribution in [0.3, 0.4) is 0 Å². The molecule has 0 unspecified atom stereocenters. The van der Waals surface area contributed by atoms with Crippen LogP contribution in [0.15, 0.2) is 24.4 Å². The first-order valence-electron chi connectivity index (χ1n) is 4.94. The first kappa shape index (κ1) is 13.1. The van der Waals surface area contributed by atoms with Crippen LogP contribution in [0.2, 0.25) is 0 Å². The van der Waals surface area contributed by atoms with Crippen LogP contribution in [0.4, 0.5) is 17.6 Å². The Morgan fingerprint density at radius 2 is 2.00 bits per heavy atom. The number of aromatic carboxylic acids is 1. The fourth-order valence-corrected chi connectivity index (χ4v) is 1.55. The quantitative estimate of drug-likeness (QED) is 0.827. The van der Waals surface area contributed by atoms with Crippen LogP contribution in [-0.4, -0.2) is 21.3 Å². The molecule has 2 rings (SSSR count). The van der Waals surface area contributed by atoms with Gasteiger partial charge in [-0.2, -0.15) is 18.3 Å². The minimum absolute atomic E-state index is 0.309. The fraction of sp³-hybridized carbons (Fsp3) is 0.0909. The molecule has 0 spiro atoms. The zero-order valence-corrected chi connectivity index (χ0v) is 9.12. The number of carbonyl (C=O) groups is 1. The van der Waals surface area contributed by atoms with Crippen molar-refractivity contribution in [2.24, 2.45) is 0 Å². The second-order valence-electron chi connectivity index (χ2n) is 3.66. The molecule has 0 aliphatic heterocycles. The summed E-state index contributed by atoms with van der Waals surface area (Å²) in [4.78, 5) is 10.8. The number of carboxylic acid groups (broad SMARTS) is 1. The highest BCUT2D eigenvalue weighted by atomic mass is 19.4. The van der Waals surface area contributed by atoms with Crippen molar-refractivity contribution in [1.82, 2.24) is 10.2 Å². The lowest BCUT2D eigenvalue weighted by Crippen LogP contribution is -2.06. The minimum atomic E-state index is -4.65. The number of hydrogen-bond donors (Lipinski definition) is 2. The van der Waals surface area contributed by atoms with Crippen LogP contribution in [0.25, 0.3) is 11.3 Å². The standard InChI is InChI=1S/C11H6F4N2O2/c12-8-2-1-5(11(13,14)15)3-6(8)9-7(10(18)19)4-16-17-9/h1-4H,(H,16,17)(H,18,19). The number of rotatable bonds is 2. The third kappa shape index (κ3) is 2.42. The molecule has 0 atom stereocenters. The number of alkyl halides is 3. The van der Waals surface area contributed by atoms with Crippen molar-refractivity contribution in [2.45, 2.75) is 6.18 Å². The average molecular weight is 274 g/mol. The molecule has 1 aromatic heterocycles. The maximum Gasteiger partial charge on any atom is 0.416 e. The van der Waals surface area contributed by atoms with E-state index in [9.17, 15) is 22.4 Å². The van der Waals surface area contributed by atoms with E-state index in [0.29, 0.717) is 18.2 Å². The van der Waals surface area contributed by atoms with Crippen LogP contribution in [0.1, 0.15) is 15.9 Å². The average Bonchev–Trinajstić information content (AvgIpc) is 2.76. The Morgan fingerprint density at radius 3 is 2.58 bits per heavy atom. The van der Waals surface area contributed by atoms with Gasteiger partial charge in [-0.1, -0.05) is 0 Å². The zero-order chi connectivity index (χ0) is 14.2. The summed E-state index contributed by atoms with van der Waals surface area (Å²) in [7, 11) is 0. The summed E-state index contributed by atoms with van der Waals surface area (Å²) in [6.45, 7) is 0. The Balaban J connectivity index is 2.62.